The predicted octanol–water partition coefficient (Wildman–Crippen LogP) is 2.43. The molecule has 0 spiro atoms. The molecule has 3 amide bonds. The summed E-state index contributed by atoms with van der Waals surface area (Å²) in [6, 6.07) is 9.61. The quantitative estimate of drug-likeness (QED) is 0.876. The van der Waals surface area contributed by atoms with Gasteiger partial charge in [0.2, 0.25) is 5.91 Å². The zero-order chi connectivity index (χ0) is 15.9. The Labute approximate surface area is 131 Å². The summed E-state index contributed by atoms with van der Waals surface area (Å²) in [4.78, 5) is 25.4. The van der Waals surface area contributed by atoms with Gasteiger partial charge in [-0.25, -0.2) is 4.79 Å². The molecule has 5 heteroatoms. The molecule has 2 atom stereocenters. The van der Waals surface area contributed by atoms with Gasteiger partial charge in [-0.1, -0.05) is 43.7 Å². The van der Waals surface area contributed by atoms with Crippen LogP contribution in [-0.4, -0.2) is 29.9 Å². The first kappa shape index (κ1) is 16.3. The number of carbonyl (C=O) groups excluding carboxylic acids is 2. The van der Waals surface area contributed by atoms with E-state index in [2.05, 4.69) is 12.2 Å². The largest absolute Gasteiger partial charge is 0.351 e. The fourth-order valence-corrected chi connectivity index (χ4v) is 2.98. The zero-order valence-corrected chi connectivity index (χ0v) is 13.1. The number of nitrogens with two attached hydrogens (primary N) is 1. The van der Waals surface area contributed by atoms with Gasteiger partial charge < -0.3 is 16.0 Å². The number of carbonyl (C=O) groups is 2. The molecule has 0 aliphatic carbocycles. The van der Waals surface area contributed by atoms with E-state index in [4.69, 9.17) is 5.73 Å². The van der Waals surface area contributed by atoms with E-state index in [9.17, 15) is 9.59 Å². The van der Waals surface area contributed by atoms with Crippen molar-refractivity contribution in [3.05, 3.63) is 35.9 Å². The fraction of sp³-hybridized carbons (Fsp3) is 0.529. The molecular formula is C17H25N3O2. The molecule has 22 heavy (non-hydrogen) atoms. The van der Waals surface area contributed by atoms with Crippen LogP contribution in [0.4, 0.5) is 4.79 Å². The lowest BCUT2D eigenvalue weighted by molar-refractivity contribution is -0.127. The van der Waals surface area contributed by atoms with Gasteiger partial charge in [0, 0.05) is 13.1 Å². The zero-order valence-electron chi connectivity index (χ0n) is 13.1. The number of hydrogen-bond acceptors (Lipinski definition) is 2. The standard InChI is InChI=1S/C17H25N3O2/c1-2-7-15(13-8-4-3-5-9-13)19-16(21)14-10-6-11-20(12-14)17(18)22/h3-5,8-9,14-15H,2,6-7,10-12H2,1H3,(H2,18,22)(H,19,21). The number of hydrogen-bond donors (Lipinski definition) is 2. The highest BCUT2D eigenvalue weighted by molar-refractivity contribution is 5.80. The monoisotopic (exact) mass is 303 g/mol. The Kier molecular flexibility index (Phi) is 5.81. The van der Waals surface area contributed by atoms with E-state index in [0.717, 1.165) is 31.2 Å². The number of nitrogens with one attached hydrogen (secondary N) is 1. The molecule has 0 bridgehead atoms. The first-order valence-corrected chi connectivity index (χ1v) is 8.01. The van der Waals surface area contributed by atoms with Crippen molar-refractivity contribution in [1.82, 2.24) is 10.2 Å². The lowest BCUT2D eigenvalue weighted by atomic mass is 9.95. The number of primary amides is 1. The summed E-state index contributed by atoms with van der Waals surface area (Å²) in [6.45, 7) is 3.18. The first-order valence-electron chi connectivity index (χ1n) is 8.01. The molecular weight excluding hydrogens is 278 g/mol. The van der Waals surface area contributed by atoms with E-state index >= 15 is 0 Å². The number of nitrogens with zero attached hydrogens (tertiary/aromatic N) is 1. The maximum atomic E-state index is 12.5. The van der Waals surface area contributed by atoms with Gasteiger partial charge in [0.25, 0.3) is 0 Å². The highest BCUT2D eigenvalue weighted by Gasteiger charge is 2.28. The van der Waals surface area contributed by atoms with Gasteiger partial charge >= 0.3 is 6.03 Å². The summed E-state index contributed by atoms with van der Waals surface area (Å²) in [6.07, 6.45) is 3.54. The molecule has 0 radical (unpaired) electrons. The first-order chi connectivity index (χ1) is 10.6. The number of rotatable bonds is 5. The van der Waals surface area contributed by atoms with Crippen LogP contribution in [0.3, 0.4) is 0 Å². The van der Waals surface area contributed by atoms with Crippen molar-refractivity contribution in [3.8, 4) is 0 Å². The highest BCUT2D eigenvalue weighted by atomic mass is 16.2. The Hall–Kier alpha value is -2.04. The van der Waals surface area contributed by atoms with Gasteiger partial charge in [-0.2, -0.15) is 0 Å². The van der Waals surface area contributed by atoms with Crippen molar-refractivity contribution in [2.24, 2.45) is 11.7 Å². The minimum Gasteiger partial charge on any atom is -0.351 e. The number of urea groups is 1. The molecule has 2 unspecified atom stereocenters. The molecule has 1 aliphatic rings. The van der Waals surface area contributed by atoms with Crippen molar-refractivity contribution in [2.45, 2.75) is 38.6 Å². The number of benzene rings is 1. The van der Waals surface area contributed by atoms with E-state index in [1.54, 1.807) is 4.90 Å². The summed E-state index contributed by atoms with van der Waals surface area (Å²) in [5, 5.41) is 3.15. The summed E-state index contributed by atoms with van der Waals surface area (Å²) in [5.74, 6) is -0.141. The van der Waals surface area contributed by atoms with Crippen molar-refractivity contribution in [3.63, 3.8) is 0 Å². The van der Waals surface area contributed by atoms with E-state index < -0.39 is 6.03 Å². The molecule has 2 rings (SSSR count). The third kappa shape index (κ3) is 4.23. The maximum Gasteiger partial charge on any atom is 0.314 e. The SMILES string of the molecule is CCCC(NC(=O)C1CCCN(C(N)=O)C1)c1ccccc1. The second-order valence-corrected chi connectivity index (χ2v) is 5.88. The number of amides is 3. The molecule has 1 saturated heterocycles. The molecule has 1 heterocycles. The lowest BCUT2D eigenvalue weighted by Crippen LogP contribution is -2.47. The van der Waals surface area contributed by atoms with Gasteiger partial charge in [-0.15, -0.1) is 0 Å². The molecule has 1 aromatic carbocycles. The molecule has 0 saturated carbocycles. The van der Waals surface area contributed by atoms with E-state index in [1.807, 2.05) is 30.3 Å². The Bertz CT molecular complexity index is 504. The van der Waals surface area contributed by atoms with Crippen molar-refractivity contribution in [2.75, 3.05) is 13.1 Å². The van der Waals surface area contributed by atoms with Crippen LogP contribution in [-0.2, 0) is 4.79 Å². The normalized spacial score (nSPS) is 19.5. The molecule has 1 aromatic rings. The maximum absolute atomic E-state index is 12.5. The molecule has 1 fully saturated rings. The van der Waals surface area contributed by atoms with Gasteiger partial charge in [-0.3, -0.25) is 4.79 Å². The summed E-state index contributed by atoms with van der Waals surface area (Å²) >= 11 is 0. The van der Waals surface area contributed by atoms with Crippen LogP contribution >= 0.6 is 0 Å². The van der Waals surface area contributed by atoms with Crippen molar-refractivity contribution >= 4 is 11.9 Å². The molecule has 5 nitrogen and oxygen atoms in total. The van der Waals surface area contributed by atoms with Gasteiger partial charge in [0.1, 0.15) is 0 Å². The van der Waals surface area contributed by atoms with Crippen LogP contribution in [0, 0.1) is 5.92 Å². The predicted molar refractivity (Wildman–Crippen MR) is 86.1 cm³/mol. The van der Waals surface area contributed by atoms with Gasteiger partial charge in [0.05, 0.1) is 12.0 Å². The summed E-state index contributed by atoms with van der Waals surface area (Å²) < 4.78 is 0. The van der Waals surface area contributed by atoms with E-state index in [1.165, 1.54) is 0 Å². The third-order valence-corrected chi connectivity index (χ3v) is 4.20. The average molecular weight is 303 g/mol. The second-order valence-electron chi connectivity index (χ2n) is 5.88. The van der Waals surface area contributed by atoms with E-state index in [0.29, 0.717) is 13.1 Å². The second kappa shape index (κ2) is 7.82. The fourth-order valence-electron chi connectivity index (χ4n) is 2.98. The van der Waals surface area contributed by atoms with Crippen LogP contribution in [0.15, 0.2) is 30.3 Å². The minimum atomic E-state index is -0.439. The number of piperidine rings is 1. The van der Waals surface area contributed by atoms with Crippen molar-refractivity contribution in [1.29, 1.82) is 0 Å². The van der Waals surface area contributed by atoms with Crippen LogP contribution in [0.2, 0.25) is 0 Å². The minimum absolute atomic E-state index is 0.0215. The Balaban J connectivity index is 2.00. The Morgan fingerprint density at radius 1 is 1.36 bits per heavy atom. The van der Waals surface area contributed by atoms with Crippen LogP contribution in [0.1, 0.15) is 44.2 Å². The van der Waals surface area contributed by atoms with Gasteiger partial charge in [-0.05, 0) is 24.8 Å². The topological polar surface area (TPSA) is 75.4 Å². The third-order valence-electron chi connectivity index (χ3n) is 4.20. The highest BCUT2D eigenvalue weighted by Crippen LogP contribution is 2.21. The van der Waals surface area contributed by atoms with Crippen LogP contribution in [0.5, 0.6) is 0 Å². The summed E-state index contributed by atoms with van der Waals surface area (Å²) in [7, 11) is 0. The van der Waals surface area contributed by atoms with Gasteiger partial charge in [0.15, 0.2) is 0 Å². The molecule has 0 aromatic heterocycles. The Morgan fingerprint density at radius 2 is 2.09 bits per heavy atom. The van der Waals surface area contributed by atoms with Crippen molar-refractivity contribution < 1.29 is 9.59 Å². The van der Waals surface area contributed by atoms with E-state index in [-0.39, 0.29) is 17.9 Å². The molecule has 1 aliphatic heterocycles. The number of likely N-dealkylation sites (tertiary alicyclic amines) is 1. The van der Waals surface area contributed by atoms with Crippen LogP contribution < -0.4 is 11.1 Å². The smallest absolute Gasteiger partial charge is 0.314 e. The van der Waals surface area contributed by atoms with Crippen LogP contribution in [0.25, 0.3) is 0 Å². The molecule has 3 N–H and O–H groups in total. The average Bonchev–Trinajstić information content (AvgIpc) is 2.55. The molecule has 120 valence electrons. The lowest BCUT2D eigenvalue weighted by Gasteiger charge is -2.31. The Morgan fingerprint density at radius 3 is 2.73 bits per heavy atom. The summed E-state index contributed by atoms with van der Waals surface area (Å²) in [5.41, 5.74) is 6.45.